The summed E-state index contributed by atoms with van der Waals surface area (Å²) in [5, 5.41) is 8.03. The summed E-state index contributed by atoms with van der Waals surface area (Å²) in [6.07, 6.45) is 1.46. The SMILES string of the molecule is Cc1c(Cl)cnn1CC(=O)O/N=C(\N)c1ccccc1. The molecule has 0 saturated carbocycles. The van der Waals surface area contributed by atoms with Crippen molar-refractivity contribution in [3.8, 4) is 0 Å². The zero-order valence-electron chi connectivity index (χ0n) is 10.8. The van der Waals surface area contributed by atoms with Gasteiger partial charge in [0.2, 0.25) is 0 Å². The molecule has 104 valence electrons. The number of amidine groups is 1. The quantitative estimate of drug-likeness (QED) is 0.402. The molecule has 7 heteroatoms. The molecule has 2 rings (SSSR count). The van der Waals surface area contributed by atoms with Crippen molar-refractivity contribution in [3.63, 3.8) is 0 Å². The van der Waals surface area contributed by atoms with Gasteiger partial charge in [-0.15, -0.1) is 0 Å². The number of nitrogens with two attached hydrogens (primary N) is 1. The molecular weight excluding hydrogens is 280 g/mol. The monoisotopic (exact) mass is 292 g/mol. The predicted molar refractivity (Wildman–Crippen MR) is 75.2 cm³/mol. The van der Waals surface area contributed by atoms with Crippen molar-refractivity contribution in [2.75, 3.05) is 0 Å². The van der Waals surface area contributed by atoms with Crippen molar-refractivity contribution in [1.29, 1.82) is 0 Å². The van der Waals surface area contributed by atoms with Gasteiger partial charge in [0.05, 0.1) is 16.9 Å². The van der Waals surface area contributed by atoms with Crippen LogP contribution in [0.15, 0.2) is 41.7 Å². The molecule has 1 aromatic heterocycles. The maximum Gasteiger partial charge on any atom is 0.356 e. The molecule has 2 aromatic rings. The van der Waals surface area contributed by atoms with E-state index in [0.29, 0.717) is 16.3 Å². The summed E-state index contributed by atoms with van der Waals surface area (Å²) in [6.45, 7) is 1.67. The summed E-state index contributed by atoms with van der Waals surface area (Å²) in [6, 6.07) is 9.02. The maximum atomic E-state index is 11.6. The normalized spacial score (nSPS) is 11.4. The van der Waals surface area contributed by atoms with E-state index in [1.54, 1.807) is 19.1 Å². The molecule has 0 aliphatic rings. The lowest BCUT2D eigenvalue weighted by Gasteiger charge is -2.03. The zero-order chi connectivity index (χ0) is 14.5. The van der Waals surface area contributed by atoms with Crippen LogP contribution in [0.1, 0.15) is 11.3 Å². The molecule has 2 N–H and O–H groups in total. The summed E-state index contributed by atoms with van der Waals surface area (Å²) in [5.41, 5.74) is 7.06. The molecule has 1 heterocycles. The highest BCUT2D eigenvalue weighted by atomic mass is 35.5. The number of carbonyl (C=O) groups is 1. The fourth-order valence-electron chi connectivity index (χ4n) is 1.50. The Bertz CT molecular complexity index is 637. The number of carbonyl (C=O) groups excluding carboxylic acids is 1. The van der Waals surface area contributed by atoms with Crippen molar-refractivity contribution in [2.45, 2.75) is 13.5 Å². The second-order valence-corrected chi connectivity index (χ2v) is 4.45. The Kier molecular flexibility index (Phi) is 4.37. The molecule has 0 aliphatic heterocycles. The molecule has 1 aromatic carbocycles. The molecule has 0 unspecified atom stereocenters. The standard InChI is InChI=1S/C13H13ClN4O2/c1-9-11(14)7-16-18(9)8-12(19)20-17-13(15)10-5-3-2-4-6-10/h2-7H,8H2,1H3,(H2,15,17). The summed E-state index contributed by atoms with van der Waals surface area (Å²) >= 11 is 5.84. The van der Waals surface area contributed by atoms with Gasteiger partial charge in [0.15, 0.2) is 5.84 Å². The van der Waals surface area contributed by atoms with Gasteiger partial charge in [0.1, 0.15) is 6.54 Å². The number of hydrogen-bond acceptors (Lipinski definition) is 4. The van der Waals surface area contributed by atoms with Crippen molar-refractivity contribution in [1.82, 2.24) is 9.78 Å². The second-order valence-electron chi connectivity index (χ2n) is 4.04. The number of hydrogen-bond donors (Lipinski definition) is 1. The second kappa shape index (κ2) is 6.21. The summed E-state index contributed by atoms with van der Waals surface area (Å²) in [4.78, 5) is 16.4. The minimum atomic E-state index is -0.577. The largest absolute Gasteiger partial charge is 0.380 e. The van der Waals surface area contributed by atoms with Crippen molar-refractivity contribution in [2.24, 2.45) is 10.9 Å². The van der Waals surface area contributed by atoms with Crippen LogP contribution in [0.4, 0.5) is 0 Å². The number of benzene rings is 1. The van der Waals surface area contributed by atoms with Crippen LogP contribution < -0.4 is 5.73 Å². The van der Waals surface area contributed by atoms with Crippen LogP contribution in [-0.2, 0) is 16.2 Å². The van der Waals surface area contributed by atoms with Gasteiger partial charge in [-0.05, 0) is 6.92 Å². The van der Waals surface area contributed by atoms with Gasteiger partial charge in [-0.2, -0.15) is 5.10 Å². The third-order valence-electron chi connectivity index (χ3n) is 2.64. The van der Waals surface area contributed by atoms with E-state index in [9.17, 15) is 4.79 Å². The zero-order valence-corrected chi connectivity index (χ0v) is 11.5. The molecule has 0 radical (unpaired) electrons. The lowest BCUT2D eigenvalue weighted by Crippen LogP contribution is -2.18. The average Bonchev–Trinajstić information content (AvgIpc) is 2.78. The predicted octanol–water partition coefficient (Wildman–Crippen LogP) is 1.71. The Labute approximate surface area is 120 Å². The molecule has 6 nitrogen and oxygen atoms in total. The highest BCUT2D eigenvalue weighted by molar-refractivity contribution is 6.31. The highest BCUT2D eigenvalue weighted by Gasteiger charge is 2.10. The van der Waals surface area contributed by atoms with Gasteiger partial charge in [-0.25, -0.2) is 4.79 Å². The molecule has 0 spiro atoms. The van der Waals surface area contributed by atoms with Gasteiger partial charge < -0.3 is 10.6 Å². The molecule has 0 fully saturated rings. The van der Waals surface area contributed by atoms with Gasteiger partial charge in [-0.1, -0.05) is 47.1 Å². The van der Waals surface area contributed by atoms with Gasteiger partial charge in [-0.3, -0.25) is 4.68 Å². The molecular formula is C13H13ClN4O2. The van der Waals surface area contributed by atoms with Gasteiger partial charge in [0.25, 0.3) is 0 Å². The van der Waals surface area contributed by atoms with Crippen LogP contribution in [0.3, 0.4) is 0 Å². The third-order valence-corrected chi connectivity index (χ3v) is 3.01. The molecule has 20 heavy (non-hydrogen) atoms. The summed E-state index contributed by atoms with van der Waals surface area (Å²) in [7, 11) is 0. The number of rotatable bonds is 4. The first-order valence-electron chi connectivity index (χ1n) is 5.84. The number of oxime groups is 1. The maximum absolute atomic E-state index is 11.6. The van der Waals surface area contributed by atoms with E-state index in [0.717, 1.165) is 0 Å². The lowest BCUT2D eigenvalue weighted by molar-refractivity contribution is -0.144. The van der Waals surface area contributed by atoms with E-state index in [4.69, 9.17) is 22.2 Å². The van der Waals surface area contributed by atoms with E-state index in [2.05, 4.69) is 10.3 Å². The molecule has 0 aliphatic carbocycles. The van der Waals surface area contributed by atoms with Crippen molar-refractivity contribution in [3.05, 3.63) is 52.8 Å². The Hall–Kier alpha value is -2.34. The molecule has 0 bridgehead atoms. The van der Waals surface area contributed by atoms with E-state index in [-0.39, 0.29) is 12.4 Å². The van der Waals surface area contributed by atoms with Gasteiger partial charge in [0, 0.05) is 5.56 Å². The summed E-state index contributed by atoms with van der Waals surface area (Å²) < 4.78 is 1.43. The van der Waals surface area contributed by atoms with Crippen LogP contribution in [0, 0.1) is 6.92 Å². The molecule has 0 saturated heterocycles. The first-order valence-corrected chi connectivity index (χ1v) is 6.22. The van der Waals surface area contributed by atoms with Crippen molar-refractivity contribution < 1.29 is 9.63 Å². The van der Waals surface area contributed by atoms with Crippen LogP contribution in [-0.4, -0.2) is 21.6 Å². The summed E-state index contributed by atoms with van der Waals surface area (Å²) in [5.74, 6) is -0.444. The first kappa shape index (κ1) is 14.1. The Morgan fingerprint density at radius 2 is 2.15 bits per heavy atom. The first-order chi connectivity index (χ1) is 9.58. The van der Waals surface area contributed by atoms with Crippen LogP contribution in [0.5, 0.6) is 0 Å². The van der Waals surface area contributed by atoms with E-state index in [1.165, 1.54) is 10.9 Å². The Balaban J connectivity index is 1.97. The number of halogens is 1. The van der Waals surface area contributed by atoms with Crippen LogP contribution in [0.2, 0.25) is 5.02 Å². The third kappa shape index (κ3) is 3.36. The fraction of sp³-hybridized carbons (Fsp3) is 0.154. The smallest absolute Gasteiger partial charge is 0.356 e. The Morgan fingerprint density at radius 3 is 2.75 bits per heavy atom. The number of nitrogens with zero attached hydrogens (tertiary/aromatic N) is 3. The van der Waals surface area contributed by atoms with Crippen molar-refractivity contribution >= 4 is 23.4 Å². The van der Waals surface area contributed by atoms with E-state index < -0.39 is 5.97 Å². The average molecular weight is 293 g/mol. The fourth-order valence-corrected chi connectivity index (χ4v) is 1.64. The molecule has 0 atom stereocenters. The molecule has 0 amide bonds. The van der Waals surface area contributed by atoms with E-state index >= 15 is 0 Å². The van der Waals surface area contributed by atoms with Gasteiger partial charge >= 0.3 is 5.97 Å². The van der Waals surface area contributed by atoms with E-state index in [1.807, 2.05) is 18.2 Å². The highest BCUT2D eigenvalue weighted by Crippen LogP contribution is 2.13. The topological polar surface area (TPSA) is 82.5 Å². The van der Waals surface area contributed by atoms with Crippen LogP contribution >= 0.6 is 11.6 Å². The minimum Gasteiger partial charge on any atom is -0.380 e. The van der Waals surface area contributed by atoms with Crippen LogP contribution in [0.25, 0.3) is 0 Å². The Morgan fingerprint density at radius 1 is 1.45 bits per heavy atom. The number of aromatic nitrogens is 2. The lowest BCUT2D eigenvalue weighted by atomic mass is 10.2. The minimum absolute atomic E-state index is 0.0792.